The lowest BCUT2D eigenvalue weighted by atomic mass is 9.72. The summed E-state index contributed by atoms with van der Waals surface area (Å²) in [5, 5.41) is 12.3. The zero-order valence-corrected chi connectivity index (χ0v) is 23.2. The topological polar surface area (TPSA) is 73.3 Å². The van der Waals surface area contributed by atoms with Gasteiger partial charge in [-0.1, -0.05) is 45.0 Å². The van der Waals surface area contributed by atoms with Crippen LogP contribution in [-0.4, -0.2) is 96.2 Å². The number of imide groups is 1. The number of aliphatic hydroxyl groups is 1. The number of rotatable bonds is 8. The summed E-state index contributed by atoms with van der Waals surface area (Å²) in [7, 11) is 0. The predicted molar refractivity (Wildman–Crippen MR) is 149 cm³/mol. The van der Waals surface area contributed by atoms with E-state index in [1.807, 2.05) is 36.4 Å². The lowest BCUT2D eigenvalue weighted by Crippen LogP contribution is -2.51. The summed E-state index contributed by atoms with van der Waals surface area (Å²) < 4.78 is 6.08. The molecule has 5 rings (SSSR count). The second-order valence-corrected chi connectivity index (χ2v) is 12.4. The summed E-state index contributed by atoms with van der Waals surface area (Å²) in [6.45, 7) is 12.5. The minimum absolute atomic E-state index is 0.201. The minimum Gasteiger partial charge on any atom is -0.389 e. The molecule has 0 bridgehead atoms. The van der Waals surface area contributed by atoms with Crippen LogP contribution in [0.4, 0.5) is 0 Å². The first kappa shape index (κ1) is 27.3. The SMILES string of the molecule is CC(C)(C)C1CCC(OC[C@H](O)CN2CCN(CCN3C(=O)c4cccc5cccc(c45)C3=O)CC2)CC1. The van der Waals surface area contributed by atoms with Crippen LogP contribution in [0.25, 0.3) is 10.8 Å². The molecule has 2 aromatic rings. The Bertz CT molecular complexity index is 1090. The number of carbonyl (C=O) groups is 2. The molecule has 2 fully saturated rings. The van der Waals surface area contributed by atoms with Crippen molar-refractivity contribution in [2.45, 2.75) is 58.7 Å². The first-order valence-electron chi connectivity index (χ1n) is 14.3. The summed E-state index contributed by atoms with van der Waals surface area (Å²) in [5.74, 6) is 0.362. The number of ether oxygens (including phenoxy) is 1. The highest BCUT2D eigenvalue weighted by molar-refractivity contribution is 6.25. The Labute approximate surface area is 226 Å². The van der Waals surface area contributed by atoms with Crippen LogP contribution in [-0.2, 0) is 4.74 Å². The molecule has 1 saturated heterocycles. The molecular formula is C31H43N3O4. The van der Waals surface area contributed by atoms with Crippen molar-refractivity contribution in [2.24, 2.45) is 11.3 Å². The molecule has 1 N–H and O–H groups in total. The normalized spacial score (nSPS) is 24.3. The van der Waals surface area contributed by atoms with Crippen molar-refractivity contribution in [3.05, 3.63) is 47.5 Å². The third-order valence-corrected chi connectivity index (χ3v) is 8.85. The van der Waals surface area contributed by atoms with Crippen molar-refractivity contribution < 1.29 is 19.4 Å². The Kier molecular flexibility index (Phi) is 8.19. The van der Waals surface area contributed by atoms with Gasteiger partial charge in [0, 0.05) is 62.3 Å². The minimum atomic E-state index is -0.478. The molecule has 1 aliphatic carbocycles. The van der Waals surface area contributed by atoms with Crippen LogP contribution in [0.3, 0.4) is 0 Å². The average molecular weight is 522 g/mol. The summed E-state index contributed by atoms with van der Waals surface area (Å²) in [6, 6.07) is 11.3. The van der Waals surface area contributed by atoms with Crippen molar-refractivity contribution >= 4 is 22.6 Å². The van der Waals surface area contributed by atoms with E-state index in [2.05, 4.69) is 30.6 Å². The maximum absolute atomic E-state index is 13.1. The average Bonchev–Trinajstić information content (AvgIpc) is 2.91. The van der Waals surface area contributed by atoms with Gasteiger partial charge in [0.15, 0.2) is 0 Å². The number of carbonyl (C=O) groups excluding carboxylic acids is 2. The van der Waals surface area contributed by atoms with E-state index in [9.17, 15) is 14.7 Å². The van der Waals surface area contributed by atoms with Crippen LogP contribution in [0.5, 0.6) is 0 Å². The van der Waals surface area contributed by atoms with Gasteiger partial charge in [0.1, 0.15) is 0 Å². The molecule has 1 atom stereocenters. The summed E-state index contributed by atoms with van der Waals surface area (Å²) in [4.78, 5) is 32.3. The van der Waals surface area contributed by atoms with Crippen molar-refractivity contribution in [3.8, 4) is 0 Å². The van der Waals surface area contributed by atoms with E-state index in [0.29, 0.717) is 42.8 Å². The van der Waals surface area contributed by atoms with Gasteiger partial charge in [-0.05, 0) is 54.5 Å². The molecule has 2 heterocycles. The quantitative estimate of drug-likeness (QED) is 0.529. The van der Waals surface area contributed by atoms with Crippen LogP contribution in [0, 0.1) is 11.3 Å². The number of benzene rings is 2. The molecule has 0 spiro atoms. The number of β-amino-alcohol motifs (C(OH)–C–C–N with tert-alkyl or cyclic N) is 1. The highest BCUT2D eigenvalue weighted by atomic mass is 16.5. The third kappa shape index (κ3) is 5.96. The Hall–Kier alpha value is -2.32. The number of piperazine rings is 1. The van der Waals surface area contributed by atoms with E-state index in [4.69, 9.17) is 4.74 Å². The van der Waals surface area contributed by atoms with Gasteiger partial charge in [-0.2, -0.15) is 0 Å². The molecule has 2 aliphatic heterocycles. The number of aliphatic hydroxyl groups excluding tert-OH is 1. The van der Waals surface area contributed by atoms with Crippen LogP contribution in [0.2, 0.25) is 0 Å². The lowest BCUT2D eigenvalue weighted by molar-refractivity contribution is -0.0471. The van der Waals surface area contributed by atoms with Crippen molar-refractivity contribution in [3.63, 3.8) is 0 Å². The molecular weight excluding hydrogens is 478 g/mol. The zero-order valence-electron chi connectivity index (χ0n) is 23.2. The predicted octanol–water partition coefficient (Wildman–Crippen LogP) is 4.04. The maximum atomic E-state index is 13.1. The van der Waals surface area contributed by atoms with E-state index in [-0.39, 0.29) is 17.9 Å². The third-order valence-electron chi connectivity index (χ3n) is 8.85. The Morgan fingerprint density at radius 1 is 0.868 bits per heavy atom. The number of nitrogens with zero attached hydrogens (tertiary/aromatic N) is 3. The van der Waals surface area contributed by atoms with Gasteiger partial charge in [0.05, 0.1) is 18.8 Å². The molecule has 1 saturated carbocycles. The molecule has 38 heavy (non-hydrogen) atoms. The molecule has 7 nitrogen and oxygen atoms in total. The molecule has 0 radical (unpaired) electrons. The number of hydrogen-bond donors (Lipinski definition) is 1. The molecule has 7 heteroatoms. The molecule has 0 unspecified atom stereocenters. The van der Waals surface area contributed by atoms with Gasteiger partial charge in [-0.3, -0.25) is 24.3 Å². The first-order valence-corrected chi connectivity index (χ1v) is 14.3. The first-order chi connectivity index (χ1) is 18.2. The Morgan fingerprint density at radius 2 is 1.45 bits per heavy atom. The molecule has 3 aliphatic rings. The van der Waals surface area contributed by atoms with Gasteiger partial charge in [-0.15, -0.1) is 0 Å². The Balaban J connectivity index is 1.03. The summed E-state index contributed by atoms with van der Waals surface area (Å²) >= 11 is 0. The lowest BCUT2D eigenvalue weighted by Gasteiger charge is -2.38. The number of hydrogen-bond acceptors (Lipinski definition) is 6. The van der Waals surface area contributed by atoms with Gasteiger partial charge < -0.3 is 9.84 Å². The summed E-state index contributed by atoms with van der Waals surface area (Å²) in [6.07, 6.45) is 4.41. The Morgan fingerprint density at radius 3 is 2.03 bits per heavy atom. The smallest absolute Gasteiger partial charge is 0.261 e. The molecule has 2 amide bonds. The van der Waals surface area contributed by atoms with Gasteiger partial charge >= 0.3 is 0 Å². The van der Waals surface area contributed by atoms with E-state index in [1.165, 1.54) is 17.7 Å². The molecule has 0 aromatic heterocycles. The standard InChI is InChI=1S/C31H43N3O4/c1-31(2,3)23-10-12-25(13-11-23)38-21-24(35)20-33-16-14-32(15-17-33)18-19-34-29(36)26-8-4-6-22-7-5-9-27(28(22)26)30(34)37/h4-9,23-25,35H,10-21H2,1-3H3/t23?,24-,25?/m1/s1. The van der Waals surface area contributed by atoms with Crippen molar-refractivity contribution in [1.82, 2.24) is 14.7 Å². The highest BCUT2D eigenvalue weighted by Gasteiger charge is 2.33. The van der Waals surface area contributed by atoms with E-state index < -0.39 is 6.10 Å². The maximum Gasteiger partial charge on any atom is 0.261 e. The fourth-order valence-electron chi connectivity index (χ4n) is 6.41. The molecule has 206 valence electrons. The largest absolute Gasteiger partial charge is 0.389 e. The second-order valence-electron chi connectivity index (χ2n) is 12.4. The van der Waals surface area contributed by atoms with Gasteiger partial charge in [-0.25, -0.2) is 0 Å². The van der Waals surface area contributed by atoms with E-state index in [0.717, 1.165) is 55.7 Å². The fraction of sp³-hybridized carbons (Fsp3) is 0.613. The van der Waals surface area contributed by atoms with E-state index in [1.54, 1.807) is 0 Å². The van der Waals surface area contributed by atoms with Gasteiger partial charge in [0.25, 0.3) is 11.8 Å². The van der Waals surface area contributed by atoms with E-state index >= 15 is 0 Å². The van der Waals surface area contributed by atoms with Crippen LogP contribution >= 0.6 is 0 Å². The zero-order chi connectivity index (χ0) is 26.9. The monoisotopic (exact) mass is 521 g/mol. The van der Waals surface area contributed by atoms with Crippen molar-refractivity contribution in [1.29, 1.82) is 0 Å². The van der Waals surface area contributed by atoms with Crippen LogP contribution in [0.1, 0.15) is 67.2 Å². The highest BCUT2D eigenvalue weighted by Crippen LogP contribution is 2.38. The van der Waals surface area contributed by atoms with Crippen molar-refractivity contribution in [2.75, 3.05) is 52.4 Å². The second kappa shape index (κ2) is 11.4. The fourth-order valence-corrected chi connectivity index (χ4v) is 6.41. The van der Waals surface area contributed by atoms with Crippen LogP contribution < -0.4 is 0 Å². The van der Waals surface area contributed by atoms with Crippen LogP contribution in [0.15, 0.2) is 36.4 Å². The summed E-state index contributed by atoms with van der Waals surface area (Å²) in [5.41, 5.74) is 1.59. The van der Waals surface area contributed by atoms with Gasteiger partial charge in [0.2, 0.25) is 0 Å². The molecule has 2 aromatic carbocycles. The number of amides is 2.